The van der Waals surface area contributed by atoms with Crippen molar-refractivity contribution in [1.82, 2.24) is 4.90 Å². The standard InChI is InChI=1S/C40H29N3/c1-43-26-41-39(29-11-3-2-4-12-29)42-40(43)37-18-10-5-13-31(37)28-21-19-27(20-22-28)30-23-24-36-34-16-7-6-14-32(34)33-15-8-9-17-35(33)38(36)25-30/h2-26,40H,1H3. The van der Waals surface area contributed by atoms with E-state index in [1.807, 2.05) is 31.6 Å². The molecule has 0 aromatic heterocycles. The minimum absolute atomic E-state index is 0.160. The third kappa shape index (κ3) is 4.38. The molecule has 0 bridgehead atoms. The van der Waals surface area contributed by atoms with E-state index in [0.29, 0.717) is 0 Å². The molecule has 3 nitrogen and oxygen atoms in total. The van der Waals surface area contributed by atoms with Crippen LogP contribution in [0.5, 0.6) is 0 Å². The minimum atomic E-state index is -0.160. The van der Waals surface area contributed by atoms with E-state index in [-0.39, 0.29) is 6.17 Å². The molecule has 0 spiro atoms. The molecule has 43 heavy (non-hydrogen) atoms. The molecule has 8 rings (SSSR count). The Bertz CT molecular complexity index is 2160. The summed E-state index contributed by atoms with van der Waals surface area (Å²) in [5.74, 6) is 0.755. The molecule has 0 aliphatic carbocycles. The Kier molecular flexibility index (Phi) is 6.08. The van der Waals surface area contributed by atoms with Gasteiger partial charge in [-0.2, -0.15) is 0 Å². The molecule has 204 valence electrons. The van der Waals surface area contributed by atoms with Crippen molar-refractivity contribution < 1.29 is 0 Å². The topological polar surface area (TPSA) is 28.0 Å². The van der Waals surface area contributed by atoms with E-state index in [2.05, 4.69) is 137 Å². The van der Waals surface area contributed by atoms with Crippen LogP contribution in [0.1, 0.15) is 17.3 Å². The lowest BCUT2D eigenvalue weighted by Gasteiger charge is -2.28. The van der Waals surface area contributed by atoms with Crippen molar-refractivity contribution in [3.05, 3.63) is 157 Å². The summed E-state index contributed by atoms with van der Waals surface area (Å²) in [5, 5.41) is 7.76. The maximum atomic E-state index is 5.07. The van der Waals surface area contributed by atoms with Gasteiger partial charge in [0.15, 0.2) is 12.0 Å². The zero-order chi connectivity index (χ0) is 28.8. The van der Waals surface area contributed by atoms with Crippen LogP contribution in [0.25, 0.3) is 54.6 Å². The fraction of sp³-hybridized carbons (Fsp3) is 0.0500. The first-order valence-electron chi connectivity index (χ1n) is 14.7. The Balaban J connectivity index is 1.18. The number of fused-ring (bicyclic) bond motifs is 6. The smallest absolute Gasteiger partial charge is 0.158 e. The summed E-state index contributed by atoms with van der Waals surface area (Å²) in [6, 6.07) is 52.0. The van der Waals surface area contributed by atoms with Gasteiger partial charge in [-0.05, 0) is 60.6 Å². The lowest BCUT2D eigenvalue weighted by atomic mass is 9.91. The van der Waals surface area contributed by atoms with Crippen LogP contribution in [-0.4, -0.2) is 24.1 Å². The van der Waals surface area contributed by atoms with E-state index in [4.69, 9.17) is 4.99 Å². The first kappa shape index (κ1) is 25.2. The van der Waals surface area contributed by atoms with Gasteiger partial charge in [-0.1, -0.05) is 140 Å². The summed E-state index contributed by atoms with van der Waals surface area (Å²) in [7, 11) is 2.03. The van der Waals surface area contributed by atoms with Crippen molar-refractivity contribution >= 4 is 44.5 Å². The average molecular weight is 552 g/mol. The molecular formula is C40H29N3. The van der Waals surface area contributed by atoms with Crippen molar-refractivity contribution in [3.63, 3.8) is 0 Å². The Hall–Kier alpha value is -5.54. The highest BCUT2D eigenvalue weighted by Crippen LogP contribution is 2.38. The predicted octanol–water partition coefficient (Wildman–Crippen LogP) is 9.90. The summed E-state index contributed by atoms with van der Waals surface area (Å²) < 4.78 is 0. The summed E-state index contributed by atoms with van der Waals surface area (Å²) in [4.78, 5) is 11.8. The molecule has 0 amide bonds. The second kappa shape index (κ2) is 10.4. The van der Waals surface area contributed by atoms with Crippen LogP contribution < -0.4 is 0 Å². The molecule has 1 unspecified atom stereocenters. The lowest BCUT2D eigenvalue weighted by Crippen LogP contribution is -2.27. The largest absolute Gasteiger partial charge is 0.340 e. The first-order valence-corrected chi connectivity index (χ1v) is 14.7. The van der Waals surface area contributed by atoms with Crippen LogP contribution in [0.3, 0.4) is 0 Å². The summed E-state index contributed by atoms with van der Waals surface area (Å²) >= 11 is 0. The van der Waals surface area contributed by atoms with Gasteiger partial charge in [0.2, 0.25) is 0 Å². The van der Waals surface area contributed by atoms with Crippen molar-refractivity contribution in [2.75, 3.05) is 7.05 Å². The molecule has 7 aromatic rings. The van der Waals surface area contributed by atoms with Crippen molar-refractivity contribution in [2.45, 2.75) is 6.17 Å². The highest BCUT2D eigenvalue weighted by molar-refractivity contribution is 6.25. The second-order valence-electron chi connectivity index (χ2n) is 11.1. The number of rotatable bonds is 4. The van der Waals surface area contributed by atoms with Crippen LogP contribution in [0.15, 0.2) is 156 Å². The van der Waals surface area contributed by atoms with Crippen molar-refractivity contribution in [3.8, 4) is 22.3 Å². The molecule has 0 radical (unpaired) electrons. The molecular weight excluding hydrogens is 522 g/mol. The van der Waals surface area contributed by atoms with E-state index in [9.17, 15) is 0 Å². The minimum Gasteiger partial charge on any atom is -0.340 e. The molecule has 1 heterocycles. The molecule has 1 aliphatic rings. The molecule has 1 aliphatic heterocycles. The van der Waals surface area contributed by atoms with Crippen molar-refractivity contribution in [1.29, 1.82) is 0 Å². The summed E-state index contributed by atoms with van der Waals surface area (Å²) in [5.41, 5.74) is 6.94. The van der Waals surface area contributed by atoms with Crippen molar-refractivity contribution in [2.24, 2.45) is 9.98 Å². The van der Waals surface area contributed by atoms with Gasteiger partial charge in [-0.15, -0.1) is 0 Å². The fourth-order valence-corrected chi connectivity index (χ4v) is 6.39. The van der Waals surface area contributed by atoms with Crippen LogP contribution in [0.2, 0.25) is 0 Å². The maximum absolute atomic E-state index is 5.07. The Morgan fingerprint density at radius 1 is 0.465 bits per heavy atom. The summed E-state index contributed by atoms with van der Waals surface area (Å²) in [6.45, 7) is 0. The van der Waals surface area contributed by atoms with Gasteiger partial charge in [0.25, 0.3) is 0 Å². The summed E-state index contributed by atoms with van der Waals surface area (Å²) in [6.07, 6.45) is 1.72. The Labute approximate surface area is 251 Å². The van der Waals surface area contributed by atoms with Crippen LogP contribution >= 0.6 is 0 Å². The zero-order valence-corrected chi connectivity index (χ0v) is 23.9. The normalized spacial score (nSPS) is 14.9. The number of amidine groups is 1. The molecule has 0 saturated heterocycles. The molecule has 1 atom stereocenters. The quantitative estimate of drug-likeness (QED) is 0.200. The van der Waals surface area contributed by atoms with Gasteiger partial charge in [-0.25, -0.2) is 9.98 Å². The molecule has 0 saturated carbocycles. The first-order chi connectivity index (χ1) is 21.2. The zero-order valence-electron chi connectivity index (χ0n) is 23.9. The molecule has 0 N–H and O–H groups in total. The Morgan fingerprint density at radius 2 is 1.00 bits per heavy atom. The van der Waals surface area contributed by atoms with Crippen LogP contribution in [-0.2, 0) is 0 Å². The van der Waals surface area contributed by atoms with Gasteiger partial charge < -0.3 is 4.90 Å². The molecule has 7 aromatic carbocycles. The highest BCUT2D eigenvalue weighted by atomic mass is 15.3. The number of nitrogens with zero attached hydrogens (tertiary/aromatic N) is 3. The van der Waals surface area contributed by atoms with E-state index < -0.39 is 0 Å². The van der Waals surface area contributed by atoms with E-state index in [1.165, 1.54) is 54.6 Å². The fourth-order valence-electron chi connectivity index (χ4n) is 6.39. The SMILES string of the molecule is CN1C=NC(c2ccccc2)=NC1c1ccccc1-c1ccc(-c2ccc3c4ccccc4c4ccccc4c3c2)cc1. The molecule has 3 heteroatoms. The average Bonchev–Trinajstić information content (AvgIpc) is 3.09. The third-order valence-corrected chi connectivity index (χ3v) is 8.54. The van der Waals surface area contributed by atoms with E-state index in [1.54, 1.807) is 0 Å². The van der Waals surface area contributed by atoms with Crippen LogP contribution in [0.4, 0.5) is 0 Å². The van der Waals surface area contributed by atoms with Gasteiger partial charge >= 0.3 is 0 Å². The number of benzene rings is 7. The van der Waals surface area contributed by atoms with Gasteiger partial charge in [-0.3, -0.25) is 0 Å². The number of aliphatic imine (C=N–C) groups is 2. The van der Waals surface area contributed by atoms with Gasteiger partial charge in [0, 0.05) is 18.2 Å². The Morgan fingerprint density at radius 3 is 1.70 bits per heavy atom. The number of hydrogen-bond donors (Lipinski definition) is 0. The van der Waals surface area contributed by atoms with Crippen LogP contribution in [0, 0.1) is 0 Å². The van der Waals surface area contributed by atoms with Gasteiger partial charge in [0.1, 0.15) is 0 Å². The monoisotopic (exact) mass is 551 g/mol. The maximum Gasteiger partial charge on any atom is 0.158 e. The van der Waals surface area contributed by atoms with Gasteiger partial charge in [0.05, 0.1) is 6.34 Å². The highest BCUT2D eigenvalue weighted by Gasteiger charge is 2.22. The second-order valence-corrected chi connectivity index (χ2v) is 11.1. The predicted molar refractivity (Wildman–Crippen MR) is 182 cm³/mol. The van der Waals surface area contributed by atoms with E-state index >= 15 is 0 Å². The lowest BCUT2D eigenvalue weighted by molar-refractivity contribution is 0.394. The van der Waals surface area contributed by atoms with E-state index in [0.717, 1.165) is 17.0 Å². The molecule has 0 fully saturated rings. The number of hydrogen-bond acceptors (Lipinski definition) is 3. The third-order valence-electron chi connectivity index (χ3n) is 8.54.